The predicted molar refractivity (Wildman–Crippen MR) is 56.0 cm³/mol. The molecule has 1 aromatic carbocycles. The van der Waals surface area contributed by atoms with Gasteiger partial charge in [-0.2, -0.15) is 0 Å². The number of benzene rings is 1. The van der Waals surface area contributed by atoms with Crippen LogP contribution in [-0.2, 0) is 0 Å². The third-order valence-electron chi connectivity index (χ3n) is 2.00. The molecule has 1 heterocycles. The molecule has 14 heavy (non-hydrogen) atoms. The van der Waals surface area contributed by atoms with Gasteiger partial charge < -0.3 is 4.57 Å². The van der Waals surface area contributed by atoms with E-state index in [1.807, 2.05) is 41.2 Å². The van der Waals surface area contributed by atoms with Crippen molar-refractivity contribution < 1.29 is 4.79 Å². The molecule has 0 N–H and O–H groups in total. The number of carbonyl (C=O) groups excluding carboxylic acids is 1. The molecular weight excluding hydrogens is 198 g/mol. The predicted octanol–water partition coefficient (Wildman–Crippen LogP) is 2.86. The summed E-state index contributed by atoms with van der Waals surface area (Å²) in [6.45, 7) is 0. The summed E-state index contributed by atoms with van der Waals surface area (Å²) in [6, 6.07) is 11.0. The molecule has 0 atom stereocenters. The number of para-hydroxylation sites is 1. The number of nitrogens with zero attached hydrogens (tertiary/aromatic N) is 1. The third kappa shape index (κ3) is 1.56. The molecule has 1 aromatic heterocycles. The second-order valence-corrected chi connectivity index (χ2v) is 3.22. The quantitative estimate of drug-likeness (QED) is 0.691. The molecule has 0 bridgehead atoms. The Labute approximate surface area is 86.7 Å². The summed E-state index contributed by atoms with van der Waals surface area (Å²) in [5.74, 6) is 0. The van der Waals surface area contributed by atoms with E-state index in [9.17, 15) is 4.79 Å². The SMILES string of the molecule is O=C(Cl)c1ccccc1-n1cccc1. The van der Waals surface area contributed by atoms with Gasteiger partial charge in [0, 0.05) is 12.4 Å². The molecule has 0 aliphatic rings. The monoisotopic (exact) mass is 205 g/mol. The van der Waals surface area contributed by atoms with E-state index in [0.717, 1.165) is 5.69 Å². The maximum absolute atomic E-state index is 11.1. The van der Waals surface area contributed by atoms with Gasteiger partial charge in [-0.15, -0.1) is 0 Å². The van der Waals surface area contributed by atoms with Crippen LogP contribution in [-0.4, -0.2) is 9.81 Å². The van der Waals surface area contributed by atoms with Crippen LogP contribution in [0.3, 0.4) is 0 Å². The van der Waals surface area contributed by atoms with E-state index in [1.54, 1.807) is 12.1 Å². The average Bonchev–Trinajstić information content (AvgIpc) is 2.70. The molecule has 0 unspecified atom stereocenters. The highest BCUT2D eigenvalue weighted by molar-refractivity contribution is 6.68. The van der Waals surface area contributed by atoms with Gasteiger partial charge in [0.2, 0.25) is 0 Å². The molecular formula is C11H8ClNO. The van der Waals surface area contributed by atoms with Crippen molar-refractivity contribution in [2.75, 3.05) is 0 Å². The van der Waals surface area contributed by atoms with Crippen LogP contribution in [0, 0.1) is 0 Å². The minimum atomic E-state index is -0.436. The van der Waals surface area contributed by atoms with Crippen molar-refractivity contribution in [3.63, 3.8) is 0 Å². The fourth-order valence-corrected chi connectivity index (χ4v) is 1.52. The first kappa shape index (κ1) is 9.03. The summed E-state index contributed by atoms with van der Waals surface area (Å²) in [7, 11) is 0. The summed E-state index contributed by atoms with van der Waals surface area (Å²) in [6.07, 6.45) is 3.75. The first-order chi connectivity index (χ1) is 6.79. The van der Waals surface area contributed by atoms with E-state index in [1.165, 1.54) is 0 Å². The number of hydrogen-bond acceptors (Lipinski definition) is 1. The second kappa shape index (κ2) is 3.68. The third-order valence-corrected chi connectivity index (χ3v) is 2.20. The van der Waals surface area contributed by atoms with Crippen molar-refractivity contribution in [2.24, 2.45) is 0 Å². The van der Waals surface area contributed by atoms with Gasteiger partial charge in [-0.25, -0.2) is 0 Å². The molecule has 2 rings (SSSR count). The zero-order valence-electron chi connectivity index (χ0n) is 7.35. The van der Waals surface area contributed by atoms with Crippen molar-refractivity contribution in [1.29, 1.82) is 0 Å². The number of rotatable bonds is 2. The van der Waals surface area contributed by atoms with E-state index in [2.05, 4.69) is 0 Å². The lowest BCUT2D eigenvalue weighted by Crippen LogP contribution is -1.99. The average molecular weight is 206 g/mol. The van der Waals surface area contributed by atoms with Gasteiger partial charge in [-0.3, -0.25) is 4.79 Å². The first-order valence-corrected chi connectivity index (χ1v) is 4.59. The highest BCUT2D eigenvalue weighted by atomic mass is 35.5. The lowest BCUT2D eigenvalue weighted by atomic mass is 10.2. The van der Waals surface area contributed by atoms with Crippen molar-refractivity contribution in [1.82, 2.24) is 4.57 Å². The maximum atomic E-state index is 11.1. The van der Waals surface area contributed by atoms with Gasteiger partial charge in [0.1, 0.15) is 0 Å². The van der Waals surface area contributed by atoms with Gasteiger partial charge in [0.15, 0.2) is 0 Å². The van der Waals surface area contributed by atoms with Crippen LogP contribution >= 0.6 is 11.6 Å². The Balaban J connectivity index is 2.58. The van der Waals surface area contributed by atoms with Crippen LogP contribution < -0.4 is 0 Å². The van der Waals surface area contributed by atoms with E-state index in [0.29, 0.717) is 5.56 Å². The maximum Gasteiger partial charge on any atom is 0.254 e. The van der Waals surface area contributed by atoms with E-state index < -0.39 is 5.24 Å². The Morgan fingerprint density at radius 2 is 1.71 bits per heavy atom. The smallest absolute Gasteiger partial charge is 0.254 e. The Morgan fingerprint density at radius 1 is 1.07 bits per heavy atom. The number of aromatic nitrogens is 1. The number of hydrogen-bond donors (Lipinski definition) is 0. The highest BCUT2D eigenvalue weighted by Gasteiger charge is 2.08. The molecule has 0 amide bonds. The number of carbonyl (C=O) groups is 1. The standard InChI is InChI=1S/C11H8ClNO/c12-11(14)9-5-1-2-6-10(9)13-7-3-4-8-13/h1-8H. The molecule has 3 heteroatoms. The first-order valence-electron chi connectivity index (χ1n) is 4.21. The largest absolute Gasteiger partial charge is 0.323 e. The topological polar surface area (TPSA) is 22.0 Å². The van der Waals surface area contributed by atoms with E-state index in [4.69, 9.17) is 11.6 Å². The van der Waals surface area contributed by atoms with Crippen LogP contribution in [0.4, 0.5) is 0 Å². The van der Waals surface area contributed by atoms with Crippen molar-refractivity contribution in [3.8, 4) is 5.69 Å². The lowest BCUT2D eigenvalue weighted by molar-refractivity contribution is 0.108. The zero-order valence-corrected chi connectivity index (χ0v) is 8.11. The lowest BCUT2D eigenvalue weighted by Gasteiger charge is -2.06. The van der Waals surface area contributed by atoms with E-state index >= 15 is 0 Å². The van der Waals surface area contributed by atoms with Crippen LogP contribution in [0.5, 0.6) is 0 Å². The van der Waals surface area contributed by atoms with Crippen molar-refractivity contribution in [2.45, 2.75) is 0 Å². The summed E-state index contributed by atoms with van der Waals surface area (Å²) in [5.41, 5.74) is 1.32. The fraction of sp³-hybridized carbons (Fsp3) is 0. The van der Waals surface area contributed by atoms with Gasteiger partial charge >= 0.3 is 0 Å². The molecule has 0 fully saturated rings. The zero-order chi connectivity index (χ0) is 9.97. The molecule has 70 valence electrons. The Morgan fingerprint density at radius 3 is 2.36 bits per heavy atom. The minimum absolute atomic E-state index is 0.436. The molecule has 0 saturated carbocycles. The Bertz CT molecular complexity index is 448. The molecule has 0 radical (unpaired) electrons. The fourth-order valence-electron chi connectivity index (χ4n) is 1.36. The molecule has 0 saturated heterocycles. The summed E-state index contributed by atoms with van der Waals surface area (Å²) in [4.78, 5) is 11.1. The van der Waals surface area contributed by atoms with Crippen LogP contribution in [0.1, 0.15) is 10.4 Å². The second-order valence-electron chi connectivity index (χ2n) is 2.88. The van der Waals surface area contributed by atoms with Gasteiger partial charge in [0.25, 0.3) is 5.24 Å². The van der Waals surface area contributed by atoms with Crippen LogP contribution in [0.15, 0.2) is 48.8 Å². The van der Waals surface area contributed by atoms with Crippen molar-refractivity contribution >= 4 is 16.8 Å². The molecule has 2 nitrogen and oxygen atoms in total. The molecule has 0 aliphatic carbocycles. The Hall–Kier alpha value is -1.54. The molecule has 0 spiro atoms. The summed E-state index contributed by atoms with van der Waals surface area (Å²) in [5, 5.41) is -0.436. The summed E-state index contributed by atoms with van der Waals surface area (Å²) < 4.78 is 1.86. The minimum Gasteiger partial charge on any atom is -0.323 e. The highest BCUT2D eigenvalue weighted by Crippen LogP contribution is 2.16. The van der Waals surface area contributed by atoms with E-state index in [-0.39, 0.29) is 0 Å². The summed E-state index contributed by atoms with van der Waals surface area (Å²) >= 11 is 5.47. The Kier molecular flexibility index (Phi) is 2.37. The molecule has 0 aliphatic heterocycles. The normalized spacial score (nSPS) is 10.1. The van der Waals surface area contributed by atoms with Gasteiger partial charge in [-0.05, 0) is 35.9 Å². The van der Waals surface area contributed by atoms with Gasteiger partial charge in [-0.1, -0.05) is 12.1 Å². The number of halogens is 1. The van der Waals surface area contributed by atoms with Crippen molar-refractivity contribution in [3.05, 3.63) is 54.4 Å². The van der Waals surface area contributed by atoms with Crippen LogP contribution in [0.2, 0.25) is 0 Å². The van der Waals surface area contributed by atoms with Gasteiger partial charge in [0.05, 0.1) is 11.3 Å². The van der Waals surface area contributed by atoms with Crippen LogP contribution in [0.25, 0.3) is 5.69 Å². The molecule has 2 aromatic rings.